The number of benzene rings is 5. The van der Waals surface area contributed by atoms with Crippen LogP contribution in [-0.2, 0) is 6.42 Å². The molecule has 7 rings (SSSR count). The molecule has 0 radical (unpaired) electrons. The average molecular weight is 610 g/mol. The Labute approximate surface area is 277 Å². The number of nitrogens with zero attached hydrogens (tertiary/aromatic N) is 2. The maximum Gasteiger partial charge on any atom is 0.0619 e. The Hall–Kier alpha value is -5.93. The minimum Gasteiger partial charge on any atom is -0.398 e. The highest BCUT2D eigenvalue weighted by molar-refractivity contribution is 6.19. The zero-order valence-corrected chi connectivity index (χ0v) is 27.0. The molecule has 0 spiro atoms. The molecule has 2 heterocycles. The summed E-state index contributed by atoms with van der Waals surface area (Å²) in [5.74, 6) is 0. The quantitative estimate of drug-likeness (QED) is 0.144. The van der Waals surface area contributed by atoms with Crippen molar-refractivity contribution < 1.29 is 0 Å². The van der Waals surface area contributed by atoms with Crippen LogP contribution in [0.25, 0.3) is 60.7 Å². The first-order valence-electron chi connectivity index (χ1n) is 15.9. The van der Waals surface area contributed by atoms with E-state index in [1.165, 1.54) is 60.4 Å². The molecule has 0 saturated carbocycles. The number of hydrogen-bond donors (Lipinski definition) is 1. The van der Waals surface area contributed by atoms with Crippen molar-refractivity contribution in [3.8, 4) is 16.8 Å². The predicted molar refractivity (Wildman–Crippen MR) is 204 cm³/mol. The minimum absolute atomic E-state index is 0.726. The molecule has 0 atom stereocenters. The zero-order valence-electron chi connectivity index (χ0n) is 27.0. The van der Waals surface area contributed by atoms with Crippen LogP contribution in [0.15, 0.2) is 165 Å². The number of hydrogen-bond acceptors (Lipinski definition) is 2. The van der Waals surface area contributed by atoms with Crippen molar-refractivity contribution in [1.82, 2.24) is 9.55 Å². The number of rotatable bonds is 7. The molecular formula is C44H39N3. The Balaban J connectivity index is 0.00000190. The van der Waals surface area contributed by atoms with Crippen LogP contribution in [0.4, 0.5) is 0 Å². The first-order valence-corrected chi connectivity index (χ1v) is 15.9. The lowest BCUT2D eigenvalue weighted by atomic mass is 9.97. The van der Waals surface area contributed by atoms with E-state index in [2.05, 4.69) is 152 Å². The minimum atomic E-state index is 0.726. The summed E-state index contributed by atoms with van der Waals surface area (Å²) in [5.41, 5.74) is 17.8. The molecule has 0 amide bonds. The lowest BCUT2D eigenvalue weighted by Crippen LogP contribution is -1.95. The fraction of sp³-hybridized carbons (Fsp3) is 0.0682. The second kappa shape index (κ2) is 14.0. The van der Waals surface area contributed by atoms with Crippen molar-refractivity contribution in [2.45, 2.75) is 20.3 Å². The molecule has 3 nitrogen and oxygen atoms in total. The average Bonchev–Trinajstić information content (AvgIpc) is 3.48. The van der Waals surface area contributed by atoms with E-state index in [9.17, 15) is 0 Å². The summed E-state index contributed by atoms with van der Waals surface area (Å²) in [5, 5.41) is 4.99. The molecule has 230 valence electrons. The largest absolute Gasteiger partial charge is 0.398 e. The van der Waals surface area contributed by atoms with E-state index in [0.29, 0.717) is 0 Å². The smallest absolute Gasteiger partial charge is 0.0619 e. The monoisotopic (exact) mass is 609 g/mol. The maximum absolute atomic E-state index is 6.26. The fourth-order valence-electron chi connectivity index (χ4n) is 6.16. The normalized spacial score (nSPS) is 12.1. The van der Waals surface area contributed by atoms with E-state index < -0.39 is 0 Å². The number of nitrogens with two attached hydrogens (primary N) is 1. The Morgan fingerprint density at radius 3 is 2.28 bits per heavy atom. The van der Waals surface area contributed by atoms with Crippen LogP contribution in [0.5, 0.6) is 0 Å². The molecule has 0 fully saturated rings. The number of allylic oxidation sites excluding steroid dienone is 5. The van der Waals surface area contributed by atoms with Crippen molar-refractivity contribution in [3.05, 3.63) is 182 Å². The van der Waals surface area contributed by atoms with Crippen LogP contribution in [0.3, 0.4) is 0 Å². The van der Waals surface area contributed by atoms with Crippen LogP contribution in [0, 0.1) is 0 Å². The van der Waals surface area contributed by atoms with Gasteiger partial charge in [-0.15, -0.1) is 13.2 Å². The Morgan fingerprint density at radius 2 is 1.49 bits per heavy atom. The van der Waals surface area contributed by atoms with Crippen LogP contribution in [0.1, 0.15) is 30.5 Å². The summed E-state index contributed by atoms with van der Waals surface area (Å²) in [6, 6.07) is 41.6. The highest BCUT2D eigenvalue weighted by atomic mass is 15.0. The third kappa shape index (κ3) is 6.29. The standard InChI is InChI=1S/C42H35N3.C2H4/c1-3-29(2)32-11-9-12-33(27-32)34-17-20-37-35(28-34)18-21-39-38-19-16-30(10-7-8-15-40(43)31-22-24-44-25-23-31)26-41(38)45(42(37)39)36-13-5-4-6-14-36;1-2/h3-9,11-28H,10,43H2,1-2H3;1-2H2/b8-7-,29-3+,40-15-;. The van der Waals surface area contributed by atoms with E-state index in [-0.39, 0.29) is 0 Å². The van der Waals surface area contributed by atoms with Gasteiger partial charge in [0.15, 0.2) is 0 Å². The molecule has 0 aliphatic heterocycles. The van der Waals surface area contributed by atoms with Gasteiger partial charge in [-0.1, -0.05) is 91.0 Å². The Bertz CT molecular complexity index is 2270. The number of pyridine rings is 1. The van der Waals surface area contributed by atoms with E-state index in [0.717, 1.165) is 23.4 Å². The van der Waals surface area contributed by atoms with Crippen molar-refractivity contribution in [2.75, 3.05) is 0 Å². The third-order valence-corrected chi connectivity index (χ3v) is 8.69. The van der Waals surface area contributed by atoms with Crippen LogP contribution < -0.4 is 5.73 Å². The summed E-state index contributed by atoms with van der Waals surface area (Å²) in [7, 11) is 0. The predicted octanol–water partition coefficient (Wildman–Crippen LogP) is 11.3. The number of para-hydroxylation sites is 1. The Morgan fingerprint density at radius 1 is 0.745 bits per heavy atom. The van der Waals surface area contributed by atoms with Gasteiger partial charge in [-0.25, -0.2) is 0 Å². The van der Waals surface area contributed by atoms with E-state index in [4.69, 9.17) is 5.73 Å². The first kappa shape index (κ1) is 31.1. The second-order valence-corrected chi connectivity index (χ2v) is 11.5. The van der Waals surface area contributed by atoms with Crippen molar-refractivity contribution >= 4 is 43.8 Å². The van der Waals surface area contributed by atoms with Gasteiger partial charge in [-0.05, 0) is 102 Å². The summed E-state index contributed by atoms with van der Waals surface area (Å²) < 4.78 is 2.43. The number of aromatic nitrogens is 2. The van der Waals surface area contributed by atoms with Gasteiger partial charge in [-0.3, -0.25) is 4.98 Å². The zero-order chi connectivity index (χ0) is 32.8. The van der Waals surface area contributed by atoms with Gasteiger partial charge < -0.3 is 10.3 Å². The molecule has 0 aliphatic carbocycles. The lowest BCUT2D eigenvalue weighted by molar-refractivity contribution is 1.18. The van der Waals surface area contributed by atoms with E-state index in [1.807, 2.05) is 24.3 Å². The molecule has 0 unspecified atom stereocenters. The van der Waals surface area contributed by atoms with Crippen molar-refractivity contribution in [3.63, 3.8) is 0 Å². The maximum atomic E-state index is 6.26. The van der Waals surface area contributed by atoms with Crippen LogP contribution in [-0.4, -0.2) is 9.55 Å². The van der Waals surface area contributed by atoms with E-state index >= 15 is 0 Å². The summed E-state index contributed by atoms with van der Waals surface area (Å²) in [4.78, 5) is 4.07. The first-order chi connectivity index (χ1) is 23.1. The highest BCUT2D eigenvalue weighted by Crippen LogP contribution is 2.38. The van der Waals surface area contributed by atoms with Gasteiger partial charge in [-0.2, -0.15) is 0 Å². The SMILES string of the molecule is C/C=C(\C)c1cccc(-c2ccc3c(ccc4c5ccc(C/C=C\C=C(/N)c6ccncc6)cc5n(-c5ccccc5)c34)c2)c1.C=C. The molecular weight excluding hydrogens is 571 g/mol. The van der Waals surface area contributed by atoms with Gasteiger partial charge in [0.05, 0.1) is 11.0 Å². The summed E-state index contributed by atoms with van der Waals surface area (Å²) in [6.45, 7) is 10.3. The third-order valence-electron chi connectivity index (χ3n) is 8.69. The molecule has 47 heavy (non-hydrogen) atoms. The van der Waals surface area contributed by atoms with Gasteiger partial charge in [0.1, 0.15) is 0 Å². The molecule has 2 N–H and O–H groups in total. The van der Waals surface area contributed by atoms with Crippen LogP contribution >= 0.6 is 0 Å². The van der Waals surface area contributed by atoms with Crippen LogP contribution in [0.2, 0.25) is 0 Å². The highest BCUT2D eigenvalue weighted by Gasteiger charge is 2.16. The van der Waals surface area contributed by atoms with Crippen molar-refractivity contribution in [1.29, 1.82) is 0 Å². The summed E-state index contributed by atoms with van der Waals surface area (Å²) in [6.07, 6.45) is 12.6. The molecule has 0 aliphatic rings. The molecule has 5 aromatic carbocycles. The number of fused-ring (bicyclic) bond motifs is 5. The molecule has 2 aromatic heterocycles. The van der Waals surface area contributed by atoms with Gasteiger partial charge in [0, 0.05) is 45.5 Å². The van der Waals surface area contributed by atoms with Gasteiger partial charge >= 0.3 is 0 Å². The van der Waals surface area contributed by atoms with Gasteiger partial charge in [0.25, 0.3) is 0 Å². The fourth-order valence-corrected chi connectivity index (χ4v) is 6.16. The molecule has 0 bridgehead atoms. The topological polar surface area (TPSA) is 43.8 Å². The molecule has 3 heteroatoms. The molecule has 0 saturated heterocycles. The van der Waals surface area contributed by atoms with Gasteiger partial charge in [0.2, 0.25) is 0 Å². The molecule has 7 aromatic rings. The Kier molecular flexibility index (Phi) is 9.26. The second-order valence-electron chi connectivity index (χ2n) is 11.5. The summed E-state index contributed by atoms with van der Waals surface area (Å²) >= 11 is 0. The van der Waals surface area contributed by atoms with E-state index in [1.54, 1.807) is 12.4 Å². The lowest BCUT2D eigenvalue weighted by Gasteiger charge is -2.11. The van der Waals surface area contributed by atoms with Crippen molar-refractivity contribution in [2.24, 2.45) is 5.73 Å².